The van der Waals surface area contributed by atoms with Crippen LogP contribution >= 0.6 is 11.6 Å². The quantitative estimate of drug-likeness (QED) is 0.776. The second kappa shape index (κ2) is 5.22. The zero-order valence-corrected chi connectivity index (χ0v) is 8.38. The van der Waals surface area contributed by atoms with Gasteiger partial charge in [0.2, 0.25) is 0 Å². The van der Waals surface area contributed by atoms with Crippen LogP contribution in [0.15, 0.2) is 24.3 Å². The Morgan fingerprint density at radius 3 is 2.54 bits per heavy atom. The van der Waals surface area contributed by atoms with Gasteiger partial charge in [0.15, 0.2) is 0 Å². The summed E-state index contributed by atoms with van der Waals surface area (Å²) in [5, 5.41) is 12.9. The molecule has 0 saturated heterocycles. The Hall–Kier alpha value is -0.570. The van der Waals surface area contributed by atoms with Crippen molar-refractivity contribution in [1.29, 1.82) is 0 Å². The van der Waals surface area contributed by atoms with E-state index in [0.29, 0.717) is 6.54 Å². The molecular weight excluding hydrogens is 186 g/mol. The zero-order valence-electron chi connectivity index (χ0n) is 7.63. The number of rotatable bonds is 4. The number of hydrogen-bond acceptors (Lipinski definition) is 2. The third kappa shape index (κ3) is 4.27. The minimum atomic E-state index is -0.299. The van der Waals surface area contributed by atoms with Crippen molar-refractivity contribution in [3.8, 4) is 0 Å². The highest BCUT2D eigenvalue weighted by atomic mass is 35.5. The van der Waals surface area contributed by atoms with Crippen molar-refractivity contribution >= 4 is 11.6 Å². The van der Waals surface area contributed by atoms with Gasteiger partial charge < -0.3 is 10.4 Å². The molecule has 0 fully saturated rings. The average Bonchev–Trinajstić information content (AvgIpc) is 2.08. The summed E-state index contributed by atoms with van der Waals surface area (Å²) in [5.74, 6) is 0. The van der Waals surface area contributed by atoms with Gasteiger partial charge in [-0.25, -0.2) is 0 Å². The summed E-state index contributed by atoms with van der Waals surface area (Å²) in [6.45, 7) is 3.14. The van der Waals surface area contributed by atoms with Crippen LogP contribution in [-0.2, 0) is 6.54 Å². The zero-order chi connectivity index (χ0) is 9.68. The molecule has 0 aliphatic carbocycles. The molecule has 0 bridgehead atoms. The van der Waals surface area contributed by atoms with Crippen LogP contribution in [0.2, 0.25) is 5.02 Å². The molecule has 1 atom stereocenters. The summed E-state index contributed by atoms with van der Waals surface area (Å²) in [5.41, 5.74) is 1.17. The Kier molecular flexibility index (Phi) is 4.22. The molecule has 13 heavy (non-hydrogen) atoms. The van der Waals surface area contributed by atoms with E-state index in [0.717, 1.165) is 11.6 Å². The van der Waals surface area contributed by atoms with Gasteiger partial charge in [0.25, 0.3) is 0 Å². The second-order valence-electron chi connectivity index (χ2n) is 3.11. The normalized spacial score (nSPS) is 12.8. The van der Waals surface area contributed by atoms with E-state index >= 15 is 0 Å². The van der Waals surface area contributed by atoms with Gasteiger partial charge in [-0.3, -0.25) is 0 Å². The molecule has 0 saturated carbocycles. The Bertz CT molecular complexity index is 246. The molecule has 1 aromatic carbocycles. The highest BCUT2D eigenvalue weighted by Crippen LogP contribution is 2.08. The van der Waals surface area contributed by atoms with Crippen LogP contribution in [0.4, 0.5) is 0 Å². The van der Waals surface area contributed by atoms with Crippen LogP contribution in [0.1, 0.15) is 12.5 Å². The van der Waals surface area contributed by atoms with Crippen molar-refractivity contribution < 1.29 is 5.11 Å². The van der Waals surface area contributed by atoms with Crippen LogP contribution in [-0.4, -0.2) is 17.8 Å². The number of aliphatic hydroxyl groups excluding tert-OH is 1. The fourth-order valence-corrected chi connectivity index (χ4v) is 1.15. The largest absolute Gasteiger partial charge is 0.392 e. The first kappa shape index (κ1) is 10.5. The SMILES string of the molecule is C[C@@H](O)CNCc1ccc(Cl)cc1. The number of aliphatic hydroxyl groups is 1. The first-order chi connectivity index (χ1) is 6.18. The molecular formula is C10H14ClNO. The molecule has 0 radical (unpaired) electrons. The molecule has 0 spiro atoms. The van der Waals surface area contributed by atoms with Crippen molar-refractivity contribution in [3.63, 3.8) is 0 Å². The lowest BCUT2D eigenvalue weighted by Gasteiger charge is -2.06. The van der Waals surface area contributed by atoms with Crippen LogP contribution < -0.4 is 5.32 Å². The summed E-state index contributed by atoms with van der Waals surface area (Å²) in [6.07, 6.45) is -0.299. The maximum atomic E-state index is 8.99. The van der Waals surface area contributed by atoms with Crippen molar-refractivity contribution in [3.05, 3.63) is 34.9 Å². The van der Waals surface area contributed by atoms with Crippen LogP contribution in [0.3, 0.4) is 0 Å². The van der Waals surface area contributed by atoms with E-state index in [1.165, 1.54) is 5.56 Å². The van der Waals surface area contributed by atoms with Gasteiger partial charge in [-0.2, -0.15) is 0 Å². The molecule has 72 valence electrons. The van der Waals surface area contributed by atoms with Gasteiger partial charge in [-0.1, -0.05) is 23.7 Å². The summed E-state index contributed by atoms with van der Waals surface area (Å²) < 4.78 is 0. The first-order valence-corrected chi connectivity index (χ1v) is 4.69. The molecule has 3 heteroatoms. The van der Waals surface area contributed by atoms with E-state index in [-0.39, 0.29) is 6.10 Å². The third-order valence-electron chi connectivity index (χ3n) is 1.68. The Labute approximate surface area is 83.5 Å². The maximum absolute atomic E-state index is 8.99. The lowest BCUT2D eigenvalue weighted by molar-refractivity contribution is 0.191. The maximum Gasteiger partial charge on any atom is 0.0636 e. The molecule has 0 unspecified atom stereocenters. The van der Waals surface area contributed by atoms with E-state index in [1.54, 1.807) is 6.92 Å². The van der Waals surface area contributed by atoms with Crippen LogP contribution in [0.5, 0.6) is 0 Å². The van der Waals surface area contributed by atoms with Crippen molar-refractivity contribution in [1.82, 2.24) is 5.32 Å². The number of halogens is 1. The lowest BCUT2D eigenvalue weighted by atomic mass is 10.2. The van der Waals surface area contributed by atoms with E-state index < -0.39 is 0 Å². The van der Waals surface area contributed by atoms with E-state index in [9.17, 15) is 0 Å². The highest BCUT2D eigenvalue weighted by molar-refractivity contribution is 6.30. The van der Waals surface area contributed by atoms with Crippen molar-refractivity contribution in [2.24, 2.45) is 0 Å². The number of benzene rings is 1. The second-order valence-corrected chi connectivity index (χ2v) is 3.54. The minimum absolute atomic E-state index is 0.299. The summed E-state index contributed by atoms with van der Waals surface area (Å²) >= 11 is 5.74. The summed E-state index contributed by atoms with van der Waals surface area (Å²) in [4.78, 5) is 0. The molecule has 0 aliphatic rings. The van der Waals surface area contributed by atoms with Gasteiger partial charge in [0.05, 0.1) is 6.10 Å². The molecule has 0 aliphatic heterocycles. The van der Waals surface area contributed by atoms with Gasteiger partial charge in [-0.05, 0) is 24.6 Å². The fraction of sp³-hybridized carbons (Fsp3) is 0.400. The highest BCUT2D eigenvalue weighted by Gasteiger charge is 1.95. The van der Waals surface area contributed by atoms with E-state index in [2.05, 4.69) is 5.32 Å². The monoisotopic (exact) mass is 199 g/mol. The van der Waals surface area contributed by atoms with Gasteiger partial charge in [-0.15, -0.1) is 0 Å². The van der Waals surface area contributed by atoms with Gasteiger partial charge in [0.1, 0.15) is 0 Å². The summed E-state index contributed by atoms with van der Waals surface area (Å²) in [7, 11) is 0. The van der Waals surface area contributed by atoms with E-state index in [4.69, 9.17) is 16.7 Å². The molecule has 2 nitrogen and oxygen atoms in total. The number of nitrogens with one attached hydrogen (secondary N) is 1. The topological polar surface area (TPSA) is 32.3 Å². The molecule has 1 rings (SSSR count). The summed E-state index contributed by atoms with van der Waals surface area (Å²) in [6, 6.07) is 7.66. The van der Waals surface area contributed by atoms with Crippen molar-refractivity contribution in [2.75, 3.05) is 6.54 Å². The number of hydrogen-bond donors (Lipinski definition) is 2. The van der Waals surface area contributed by atoms with Gasteiger partial charge in [0, 0.05) is 18.1 Å². The molecule has 0 aromatic heterocycles. The molecule has 1 aromatic rings. The predicted octanol–water partition coefficient (Wildman–Crippen LogP) is 1.81. The minimum Gasteiger partial charge on any atom is -0.392 e. The standard InChI is InChI=1S/C10H14ClNO/c1-8(13)6-12-7-9-2-4-10(11)5-3-9/h2-5,8,12-13H,6-7H2,1H3/t8-/m1/s1. The van der Waals surface area contributed by atoms with Crippen LogP contribution in [0, 0.1) is 0 Å². The Morgan fingerprint density at radius 1 is 1.38 bits per heavy atom. The van der Waals surface area contributed by atoms with Crippen LogP contribution in [0.25, 0.3) is 0 Å². The Morgan fingerprint density at radius 2 is 2.00 bits per heavy atom. The third-order valence-corrected chi connectivity index (χ3v) is 1.93. The molecule has 0 amide bonds. The molecule has 2 N–H and O–H groups in total. The van der Waals surface area contributed by atoms with Gasteiger partial charge >= 0.3 is 0 Å². The first-order valence-electron chi connectivity index (χ1n) is 4.31. The fourth-order valence-electron chi connectivity index (χ4n) is 1.03. The van der Waals surface area contributed by atoms with Crippen molar-refractivity contribution in [2.45, 2.75) is 19.6 Å². The lowest BCUT2D eigenvalue weighted by Crippen LogP contribution is -2.23. The average molecular weight is 200 g/mol. The predicted molar refractivity (Wildman–Crippen MR) is 54.8 cm³/mol. The molecule has 0 heterocycles. The Balaban J connectivity index is 2.33. The van der Waals surface area contributed by atoms with E-state index in [1.807, 2.05) is 24.3 Å². The smallest absolute Gasteiger partial charge is 0.0636 e.